The molecule has 11 heteroatoms. The standard InChI is InChI=1S/C22H16ClN5O4S/c1-12-19(26-22(27-20(12)29)25-15-7-5-14(23)6-8-15)13-3-2-4-16(11-13)24-21(30)17-9-10-18(33-17)28(31)32/h2-11H,1H3,(H,24,30)(H2,25,26,27,29). The molecule has 0 saturated heterocycles. The molecule has 0 aliphatic heterocycles. The van der Waals surface area contributed by atoms with Crippen molar-refractivity contribution in [2.75, 3.05) is 10.6 Å². The normalized spacial score (nSPS) is 10.6. The fraction of sp³-hybridized carbons (Fsp3) is 0.0455. The van der Waals surface area contributed by atoms with Gasteiger partial charge in [0.1, 0.15) is 0 Å². The van der Waals surface area contributed by atoms with Gasteiger partial charge >= 0.3 is 5.00 Å². The summed E-state index contributed by atoms with van der Waals surface area (Å²) in [6.45, 7) is 1.66. The molecule has 0 fully saturated rings. The Morgan fingerprint density at radius 1 is 1.12 bits per heavy atom. The lowest BCUT2D eigenvalue weighted by Crippen LogP contribution is -2.15. The number of H-pyrrole nitrogens is 1. The lowest BCUT2D eigenvalue weighted by atomic mass is 10.1. The first-order valence-electron chi connectivity index (χ1n) is 9.59. The van der Waals surface area contributed by atoms with Crippen LogP contribution in [-0.4, -0.2) is 20.8 Å². The zero-order valence-electron chi connectivity index (χ0n) is 17.1. The molecule has 0 saturated carbocycles. The molecule has 0 bridgehead atoms. The summed E-state index contributed by atoms with van der Waals surface area (Å²) in [5, 5.41) is 17.1. The summed E-state index contributed by atoms with van der Waals surface area (Å²) in [4.78, 5) is 42.7. The van der Waals surface area contributed by atoms with Gasteiger partial charge in [-0.15, -0.1) is 0 Å². The Balaban J connectivity index is 1.61. The van der Waals surface area contributed by atoms with Gasteiger partial charge in [-0.25, -0.2) is 4.98 Å². The lowest BCUT2D eigenvalue weighted by Gasteiger charge is -2.11. The van der Waals surface area contributed by atoms with E-state index in [1.54, 1.807) is 55.5 Å². The van der Waals surface area contributed by atoms with E-state index in [1.165, 1.54) is 12.1 Å². The molecular weight excluding hydrogens is 466 g/mol. The molecule has 0 spiro atoms. The van der Waals surface area contributed by atoms with Gasteiger partial charge in [0.25, 0.3) is 11.5 Å². The molecule has 2 heterocycles. The van der Waals surface area contributed by atoms with E-state index < -0.39 is 10.8 Å². The van der Waals surface area contributed by atoms with Crippen molar-refractivity contribution in [3.8, 4) is 11.3 Å². The highest BCUT2D eigenvalue weighted by molar-refractivity contribution is 7.17. The summed E-state index contributed by atoms with van der Waals surface area (Å²) in [6.07, 6.45) is 0. The van der Waals surface area contributed by atoms with Gasteiger partial charge in [-0.1, -0.05) is 35.1 Å². The molecule has 0 unspecified atom stereocenters. The van der Waals surface area contributed by atoms with Crippen LogP contribution in [0.2, 0.25) is 5.02 Å². The average Bonchev–Trinajstić information content (AvgIpc) is 3.29. The van der Waals surface area contributed by atoms with E-state index in [0.717, 1.165) is 11.3 Å². The summed E-state index contributed by atoms with van der Waals surface area (Å²) in [5.41, 5.74) is 2.32. The van der Waals surface area contributed by atoms with Gasteiger partial charge in [-0.3, -0.25) is 24.7 Å². The minimum absolute atomic E-state index is 0.113. The molecule has 0 aliphatic carbocycles. The summed E-state index contributed by atoms with van der Waals surface area (Å²) in [6, 6.07) is 16.5. The largest absolute Gasteiger partial charge is 0.326 e. The number of carbonyl (C=O) groups excluding carboxylic acids is 1. The van der Waals surface area contributed by atoms with Crippen LogP contribution >= 0.6 is 22.9 Å². The number of thiophene rings is 1. The first kappa shape index (κ1) is 22.2. The van der Waals surface area contributed by atoms with Gasteiger partial charge in [0.05, 0.1) is 15.5 Å². The lowest BCUT2D eigenvalue weighted by molar-refractivity contribution is -0.380. The zero-order valence-corrected chi connectivity index (χ0v) is 18.7. The zero-order chi connectivity index (χ0) is 23.5. The molecule has 4 rings (SSSR count). The highest BCUT2D eigenvalue weighted by Crippen LogP contribution is 2.27. The quantitative estimate of drug-likeness (QED) is 0.251. The molecule has 0 atom stereocenters. The van der Waals surface area contributed by atoms with Crippen molar-refractivity contribution in [2.24, 2.45) is 0 Å². The Bertz CT molecular complexity index is 1420. The summed E-state index contributed by atoms with van der Waals surface area (Å²) >= 11 is 6.70. The fourth-order valence-corrected chi connectivity index (χ4v) is 3.87. The maximum atomic E-state index is 12.5. The van der Waals surface area contributed by atoms with E-state index in [9.17, 15) is 19.7 Å². The maximum Gasteiger partial charge on any atom is 0.324 e. The third kappa shape index (κ3) is 5.08. The van der Waals surface area contributed by atoms with Crippen LogP contribution in [0.3, 0.4) is 0 Å². The minimum atomic E-state index is -0.543. The molecule has 166 valence electrons. The van der Waals surface area contributed by atoms with E-state index in [0.29, 0.717) is 33.2 Å². The van der Waals surface area contributed by atoms with Gasteiger partial charge in [0.15, 0.2) is 0 Å². The highest BCUT2D eigenvalue weighted by atomic mass is 35.5. The van der Waals surface area contributed by atoms with E-state index in [1.807, 2.05) is 0 Å². The minimum Gasteiger partial charge on any atom is -0.326 e. The first-order valence-corrected chi connectivity index (χ1v) is 10.8. The van der Waals surface area contributed by atoms with Gasteiger partial charge in [-0.2, -0.15) is 0 Å². The van der Waals surface area contributed by atoms with Crippen molar-refractivity contribution in [2.45, 2.75) is 6.92 Å². The van der Waals surface area contributed by atoms with E-state index >= 15 is 0 Å². The first-order chi connectivity index (χ1) is 15.8. The number of halogens is 1. The Morgan fingerprint density at radius 2 is 1.88 bits per heavy atom. The third-order valence-electron chi connectivity index (χ3n) is 4.65. The Kier molecular flexibility index (Phi) is 6.20. The van der Waals surface area contributed by atoms with E-state index in [2.05, 4.69) is 20.6 Å². The molecule has 33 heavy (non-hydrogen) atoms. The number of nitrogens with zero attached hydrogens (tertiary/aromatic N) is 2. The smallest absolute Gasteiger partial charge is 0.324 e. The highest BCUT2D eigenvalue weighted by Gasteiger charge is 2.16. The fourth-order valence-electron chi connectivity index (χ4n) is 3.03. The van der Waals surface area contributed by atoms with Crippen molar-refractivity contribution in [3.05, 3.63) is 96.6 Å². The van der Waals surface area contributed by atoms with Crippen LogP contribution in [0.15, 0.2) is 65.5 Å². The van der Waals surface area contributed by atoms with Crippen molar-refractivity contribution in [3.63, 3.8) is 0 Å². The van der Waals surface area contributed by atoms with E-state index in [-0.39, 0.29) is 21.4 Å². The van der Waals surface area contributed by atoms with Crippen molar-refractivity contribution in [1.82, 2.24) is 9.97 Å². The number of hydrogen-bond acceptors (Lipinski definition) is 7. The number of nitrogens with one attached hydrogen (secondary N) is 3. The number of carbonyl (C=O) groups is 1. The molecule has 2 aromatic heterocycles. The predicted octanol–water partition coefficient (Wildman–Crippen LogP) is 5.36. The molecule has 1 amide bonds. The molecule has 3 N–H and O–H groups in total. The number of rotatable bonds is 6. The number of anilines is 3. The van der Waals surface area contributed by atoms with Crippen LogP contribution in [0, 0.1) is 17.0 Å². The van der Waals surface area contributed by atoms with Crippen LogP contribution in [0.4, 0.5) is 22.3 Å². The number of hydrogen-bond donors (Lipinski definition) is 3. The van der Waals surface area contributed by atoms with Crippen molar-refractivity contribution >= 4 is 51.2 Å². The van der Waals surface area contributed by atoms with Gasteiger partial charge in [-0.05, 0) is 49.4 Å². The van der Waals surface area contributed by atoms with Gasteiger partial charge in [0, 0.05) is 33.6 Å². The number of nitro groups is 1. The molecule has 4 aromatic rings. The Hall–Kier alpha value is -4.02. The van der Waals surface area contributed by atoms with Crippen molar-refractivity contribution < 1.29 is 9.72 Å². The monoisotopic (exact) mass is 481 g/mol. The second-order valence-corrected chi connectivity index (χ2v) is 8.45. The number of amides is 1. The topological polar surface area (TPSA) is 130 Å². The van der Waals surface area contributed by atoms with E-state index in [4.69, 9.17) is 11.6 Å². The third-order valence-corrected chi connectivity index (χ3v) is 5.94. The SMILES string of the molecule is Cc1c(-c2cccc(NC(=O)c3ccc([N+](=O)[O-])s3)c2)nc(Nc2ccc(Cl)cc2)[nH]c1=O. The van der Waals surface area contributed by atoms with Crippen LogP contribution < -0.4 is 16.2 Å². The second-order valence-electron chi connectivity index (χ2n) is 6.95. The number of benzene rings is 2. The Labute approximate surface area is 196 Å². The second kappa shape index (κ2) is 9.23. The summed E-state index contributed by atoms with van der Waals surface area (Å²) < 4.78 is 0. The van der Waals surface area contributed by atoms with Gasteiger partial charge in [0.2, 0.25) is 5.95 Å². The molecule has 2 aromatic carbocycles. The maximum absolute atomic E-state index is 12.5. The molecular formula is C22H16ClN5O4S. The Morgan fingerprint density at radius 3 is 2.58 bits per heavy atom. The molecule has 0 radical (unpaired) electrons. The molecule has 9 nitrogen and oxygen atoms in total. The van der Waals surface area contributed by atoms with Gasteiger partial charge < -0.3 is 10.6 Å². The summed E-state index contributed by atoms with van der Waals surface area (Å²) in [5.74, 6) is -0.214. The van der Waals surface area contributed by atoms with Crippen LogP contribution in [0.1, 0.15) is 15.2 Å². The summed E-state index contributed by atoms with van der Waals surface area (Å²) in [7, 11) is 0. The van der Waals surface area contributed by atoms with Crippen molar-refractivity contribution in [1.29, 1.82) is 0 Å². The van der Waals surface area contributed by atoms with Crippen LogP contribution in [0.5, 0.6) is 0 Å². The predicted molar refractivity (Wildman–Crippen MR) is 129 cm³/mol. The van der Waals surface area contributed by atoms with Crippen LogP contribution in [0.25, 0.3) is 11.3 Å². The number of aromatic amines is 1. The van der Waals surface area contributed by atoms with Crippen LogP contribution in [-0.2, 0) is 0 Å². The number of aromatic nitrogens is 2. The molecule has 0 aliphatic rings. The average molecular weight is 482 g/mol.